The highest BCUT2D eigenvalue weighted by molar-refractivity contribution is 7.47. The van der Waals surface area contributed by atoms with Gasteiger partial charge in [-0.25, -0.2) is 4.57 Å². The maximum atomic E-state index is 12.5. The van der Waals surface area contributed by atoms with E-state index in [9.17, 15) is 19.0 Å². The minimum atomic E-state index is -4.38. The molecule has 2 atom stereocenters. The minimum Gasteiger partial charge on any atom is -0.462 e. The first-order chi connectivity index (χ1) is 24.8. The molecule has 9 nitrogen and oxygen atoms in total. The first kappa shape index (κ1) is 49.2. The molecule has 0 aromatic heterocycles. The van der Waals surface area contributed by atoms with Crippen molar-refractivity contribution in [2.75, 3.05) is 26.4 Å². The van der Waals surface area contributed by atoms with Crippen molar-refractivity contribution in [3.63, 3.8) is 0 Å². The SMILES string of the molecule is CCCCCCCC/C=C/C/C=C\C/C=C\CCCC(=O)O[C@H](COC(=O)CCCCCCCCCCCCCCC)COP(=O)(O)OCCN. The Hall–Kier alpha value is -1.77. The molecule has 0 saturated heterocycles. The van der Waals surface area contributed by atoms with Crippen LogP contribution in [-0.4, -0.2) is 49.3 Å². The molecule has 0 fully saturated rings. The standard InChI is InChI=1S/C41H76NO8P/c1-3-5-7-9-11-13-15-17-18-19-20-22-24-26-28-30-32-34-41(44)50-39(38-49-51(45,46)48-36-35-42)37-47-40(43)33-31-29-27-25-23-21-16-14-12-10-8-6-4-2/h17-18,20,22,26,28,39H,3-16,19,21,23-25,27,29-38,42H2,1-2H3,(H,45,46)/b18-17+,22-20-,28-26-/t39-/m1/s1. The van der Waals surface area contributed by atoms with E-state index in [1.54, 1.807) is 0 Å². The molecule has 0 saturated carbocycles. The van der Waals surface area contributed by atoms with Crippen molar-refractivity contribution in [3.8, 4) is 0 Å². The summed E-state index contributed by atoms with van der Waals surface area (Å²) in [6, 6.07) is 0. The number of rotatable bonds is 38. The molecule has 0 amide bonds. The van der Waals surface area contributed by atoms with Crippen molar-refractivity contribution in [2.24, 2.45) is 5.73 Å². The lowest BCUT2D eigenvalue weighted by Gasteiger charge is -2.19. The van der Waals surface area contributed by atoms with E-state index >= 15 is 0 Å². The summed E-state index contributed by atoms with van der Waals surface area (Å²) in [5, 5.41) is 0. The van der Waals surface area contributed by atoms with Crippen molar-refractivity contribution in [1.29, 1.82) is 0 Å². The van der Waals surface area contributed by atoms with E-state index in [1.165, 1.54) is 103 Å². The Morgan fingerprint density at radius 3 is 1.57 bits per heavy atom. The number of phosphoric ester groups is 1. The van der Waals surface area contributed by atoms with Gasteiger partial charge >= 0.3 is 19.8 Å². The third-order valence-electron chi connectivity index (χ3n) is 8.53. The molecule has 0 rings (SSSR count). The second kappa shape index (κ2) is 38.0. The maximum absolute atomic E-state index is 12.5. The summed E-state index contributed by atoms with van der Waals surface area (Å²) in [5.74, 6) is -0.887. The van der Waals surface area contributed by atoms with Gasteiger partial charge in [0.2, 0.25) is 0 Å². The van der Waals surface area contributed by atoms with Gasteiger partial charge in [0, 0.05) is 19.4 Å². The fraction of sp³-hybridized carbons (Fsp3) is 0.805. The molecule has 0 aliphatic rings. The highest BCUT2D eigenvalue weighted by Crippen LogP contribution is 2.43. The average Bonchev–Trinajstić information content (AvgIpc) is 3.11. The van der Waals surface area contributed by atoms with E-state index in [1.807, 2.05) is 6.08 Å². The number of allylic oxidation sites excluding steroid dienone is 6. The second-order valence-corrected chi connectivity index (χ2v) is 15.0. The predicted molar refractivity (Wildman–Crippen MR) is 210 cm³/mol. The lowest BCUT2D eigenvalue weighted by molar-refractivity contribution is -0.161. The Labute approximate surface area is 312 Å². The van der Waals surface area contributed by atoms with E-state index in [2.05, 4.69) is 44.2 Å². The second-order valence-electron chi connectivity index (χ2n) is 13.5. The number of hydrogen-bond acceptors (Lipinski definition) is 8. The largest absolute Gasteiger partial charge is 0.472 e. The molecule has 0 aromatic carbocycles. The Bertz CT molecular complexity index is 939. The number of unbranched alkanes of at least 4 members (excludes halogenated alkanes) is 19. The predicted octanol–water partition coefficient (Wildman–Crippen LogP) is 11.4. The zero-order valence-electron chi connectivity index (χ0n) is 32.6. The average molecular weight is 742 g/mol. The van der Waals surface area contributed by atoms with Gasteiger partial charge in [0.05, 0.1) is 13.2 Å². The Morgan fingerprint density at radius 1 is 0.588 bits per heavy atom. The van der Waals surface area contributed by atoms with E-state index in [0.29, 0.717) is 6.42 Å². The maximum Gasteiger partial charge on any atom is 0.472 e. The van der Waals surface area contributed by atoms with Gasteiger partial charge in [0.25, 0.3) is 0 Å². The molecule has 298 valence electrons. The van der Waals surface area contributed by atoms with Crippen molar-refractivity contribution in [2.45, 2.75) is 187 Å². The van der Waals surface area contributed by atoms with Gasteiger partial charge in [-0.3, -0.25) is 18.6 Å². The van der Waals surface area contributed by atoms with Crippen LogP contribution in [0.2, 0.25) is 0 Å². The minimum absolute atomic E-state index is 0.0462. The van der Waals surface area contributed by atoms with Gasteiger partial charge in [-0.15, -0.1) is 0 Å². The first-order valence-electron chi connectivity index (χ1n) is 20.5. The zero-order valence-corrected chi connectivity index (χ0v) is 33.5. The zero-order chi connectivity index (χ0) is 37.5. The van der Waals surface area contributed by atoms with Crippen LogP contribution >= 0.6 is 7.82 Å². The van der Waals surface area contributed by atoms with Crippen LogP contribution in [0.4, 0.5) is 0 Å². The van der Waals surface area contributed by atoms with Crippen LogP contribution in [0, 0.1) is 0 Å². The Morgan fingerprint density at radius 2 is 1.04 bits per heavy atom. The smallest absolute Gasteiger partial charge is 0.462 e. The molecule has 0 aliphatic heterocycles. The number of carbonyl (C=O) groups is 2. The number of hydrogen-bond donors (Lipinski definition) is 2. The Kier molecular flexibility index (Phi) is 36.7. The molecule has 0 heterocycles. The number of ether oxygens (including phenoxy) is 2. The fourth-order valence-corrected chi connectivity index (χ4v) is 6.24. The van der Waals surface area contributed by atoms with Crippen molar-refractivity contribution in [1.82, 2.24) is 0 Å². The Balaban J connectivity index is 4.27. The third-order valence-corrected chi connectivity index (χ3v) is 9.51. The van der Waals surface area contributed by atoms with Gasteiger partial charge in [-0.2, -0.15) is 0 Å². The highest BCUT2D eigenvalue weighted by atomic mass is 31.2. The van der Waals surface area contributed by atoms with Crippen molar-refractivity contribution in [3.05, 3.63) is 36.5 Å². The molecule has 0 aromatic rings. The summed E-state index contributed by atoms with van der Waals surface area (Å²) in [6.07, 6.45) is 40.4. The molecule has 0 aliphatic carbocycles. The first-order valence-corrected chi connectivity index (χ1v) is 22.0. The van der Waals surface area contributed by atoms with E-state index in [-0.39, 0.29) is 32.6 Å². The van der Waals surface area contributed by atoms with Gasteiger partial charge < -0.3 is 20.1 Å². The topological polar surface area (TPSA) is 134 Å². The highest BCUT2D eigenvalue weighted by Gasteiger charge is 2.25. The molecular weight excluding hydrogens is 665 g/mol. The molecule has 0 bridgehead atoms. The fourth-order valence-electron chi connectivity index (χ4n) is 5.47. The molecule has 0 spiro atoms. The molecule has 3 N–H and O–H groups in total. The van der Waals surface area contributed by atoms with Crippen LogP contribution in [0.3, 0.4) is 0 Å². The lowest BCUT2D eigenvalue weighted by atomic mass is 10.0. The van der Waals surface area contributed by atoms with Crippen LogP contribution in [0.5, 0.6) is 0 Å². The molecule has 51 heavy (non-hydrogen) atoms. The van der Waals surface area contributed by atoms with Gasteiger partial charge in [-0.05, 0) is 44.9 Å². The van der Waals surface area contributed by atoms with E-state index < -0.39 is 32.5 Å². The summed E-state index contributed by atoms with van der Waals surface area (Å²) >= 11 is 0. The number of esters is 2. The van der Waals surface area contributed by atoms with Crippen LogP contribution in [-0.2, 0) is 32.7 Å². The molecule has 0 radical (unpaired) electrons. The van der Waals surface area contributed by atoms with Crippen LogP contribution < -0.4 is 5.73 Å². The molecule has 10 heteroatoms. The monoisotopic (exact) mass is 742 g/mol. The third kappa shape index (κ3) is 37.8. The number of nitrogens with two attached hydrogens (primary N) is 1. The van der Waals surface area contributed by atoms with Crippen molar-refractivity contribution >= 4 is 19.8 Å². The molecule has 1 unspecified atom stereocenters. The van der Waals surface area contributed by atoms with Crippen LogP contribution in [0.1, 0.15) is 181 Å². The van der Waals surface area contributed by atoms with Gasteiger partial charge in [-0.1, -0.05) is 159 Å². The van der Waals surface area contributed by atoms with Gasteiger partial charge in [0.1, 0.15) is 6.61 Å². The van der Waals surface area contributed by atoms with E-state index in [0.717, 1.165) is 44.9 Å². The summed E-state index contributed by atoms with van der Waals surface area (Å²) in [6.45, 7) is 3.66. The van der Waals surface area contributed by atoms with Crippen molar-refractivity contribution < 1.29 is 37.6 Å². The number of phosphoric acid groups is 1. The lowest BCUT2D eigenvalue weighted by Crippen LogP contribution is -2.29. The van der Waals surface area contributed by atoms with Crippen LogP contribution in [0.15, 0.2) is 36.5 Å². The number of carbonyl (C=O) groups excluding carboxylic acids is 2. The molecular formula is C41H76NO8P. The van der Waals surface area contributed by atoms with Gasteiger partial charge in [0.15, 0.2) is 6.10 Å². The summed E-state index contributed by atoms with van der Waals surface area (Å²) in [5.41, 5.74) is 5.33. The summed E-state index contributed by atoms with van der Waals surface area (Å²) in [7, 11) is -4.38. The summed E-state index contributed by atoms with van der Waals surface area (Å²) < 4.78 is 32.6. The van der Waals surface area contributed by atoms with Crippen LogP contribution in [0.25, 0.3) is 0 Å². The quantitative estimate of drug-likeness (QED) is 0.0274. The summed E-state index contributed by atoms with van der Waals surface area (Å²) in [4.78, 5) is 34.7. The van der Waals surface area contributed by atoms with E-state index in [4.69, 9.17) is 24.3 Å². The normalized spacial score (nSPS) is 13.7.